The van der Waals surface area contributed by atoms with Crippen molar-refractivity contribution in [2.75, 3.05) is 5.73 Å². The first-order chi connectivity index (χ1) is 9.32. The Morgan fingerprint density at radius 1 is 1.40 bits per heavy atom. The highest BCUT2D eigenvalue weighted by Crippen LogP contribution is 2.54. The number of carboxylic acids is 2. The summed E-state index contributed by atoms with van der Waals surface area (Å²) in [4.78, 5) is 26.0. The number of aromatic amines is 1. The molecule has 0 aromatic carbocycles. The van der Waals surface area contributed by atoms with E-state index in [0.717, 1.165) is 0 Å². The molecule has 10 heteroatoms. The second-order valence-corrected chi connectivity index (χ2v) is 6.05. The third-order valence-electron chi connectivity index (χ3n) is 3.43. The first-order valence-corrected chi connectivity index (χ1v) is 6.76. The van der Waals surface area contributed by atoms with Crippen molar-refractivity contribution in [1.82, 2.24) is 15.2 Å². The molecule has 1 aromatic heterocycles. The molecule has 9 nitrogen and oxygen atoms in total. The molecule has 20 heavy (non-hydrogen) atoms. The number of nitrogen functional groups attached to an aromatic ring is 1. The number of carbonyl (C=O) groups is 2. The Hall–Kier alpha value is -1.81. The fourth-order valence-corrected chi connectivity index (χ4v) is 3.57. The van der Waals surface area contributed by atoms with Crippen LogP contribution >= 0.6 is 11.8 Å². The van der Waals surface area contributed by atoms with Crippen LogP contribution in [0.4, 0.5) is 5.95 Å². The van der Waals surface area contributed by atoms with Crippen LogP contribution in [0.2, 0.25) is 0 Å². The first kappa shape index (κ1) is 14.6. The molecule has 1 aliphatic rings. The zero-order valence-electron chi connectivity index (χ0n) is 10.6. The van der Waals surface area contributed by atoms with Gasteiger partial charge in [-0.1, -0.05) is 18.7 Å². The summed E-state index contributed by atoms with van der Waals surface area (Å²) in [6.07, 6.45) is 0. The number of thioether (sulfide) groups is 1. The second kappa shape index (κ2) is 5.29. The topological polar surface area (TPSA) is 168 Å². The molecule has 1 heterocycles. The molecule has 5 unspecified atom stereocenters. The van der Waals surface area contributed by atoms with Crippen LogP contribution in [0, 0.1) is 17.8 Å². The number of rotatable bonds is 6. The van der Waals surface area contributed by atoms with E-state index >= 15 is 0 Å². The van der Waals surface area contributed by atoms with Crippen LogP contribution in [0.1, 0.15) is 6.92 Å². The van der Waals surface area contributed by atoms with Gasteiger partial charge in [-0.05, 0) is 5.92 Å². The van der Waals surface area contributed by atoms with Gasteiger partial charge in [0.05, 0.1) is 5.92 Å². The summed E-state index contributed by atoms with van der Waals surface area (Å²) in [6, 6.07) is -1.18. The largest absolute Gasteiger partial charge is 0.481 e. The summed E-state index contributed by atoms with van der Waals surface area (Å²) in [5.74, 6) is -3.71. The number of anilines is 1. The van der Waals surface area contributed by atoms with E-state index in [-0.39, 0.29) is 17.1 Å². The molecular formula is C10H15N5O4S. The Labute approximate surface area is 118 Å². The van der Waals surface area contributed by atoms with Crippen LogP contribution in [-0.4, -0.2) is 48.6 Å². The number of hydrogen-bond donors (Lipinski definition) is 5. The Morgan fingerprint density at radius 3 is 2.50 bits per heavy atom. The molecule has 110 valence electrons. The molecule has 1 saturated carbocycles. The summed E-state index contributed by atoms with van der Waals surface area (Å²) in [7, 11) is 0. The molecule has 0 saturated heterocycles. The summed E-state index contributed by atoms with van der Waals surface area (Å²) >= 11 is 1.24. The van der Waals surface area contributed by atoms with Gasteiger partial charge in [0.1, 0.15) is 6.04 Å². The van der Waals surface area contributed by atoms with Crippen molar-refractivity contribution < 1.29 is 19.8 Å². The van der Waals surface area contributed by atoms with E-state index in [1.165, 1.54) is 11.8 Å². The number of aromatic nitrogens is 3. The van der Waals surface area contributed by atoms with E-state index in [1.807, 2.05) is 0 Å². The predicted octanol–water partition coefficient (Wildman–Crippen LogP) is -0.774. The number of nitrogens with zero attached hydrogens (tertiary/aromatic N) is 2. The molecule has 0 bridgehead atoms. The second-order valence-electron chi connectivity index (χ2n) is 4.71. The maximum Gasteiger partial charge on any atom is 0.320 e. The van der Waals surface area contributed by atoms with E-state index < -0.39 is 29.8 Å². The lowest BCUT2D eigenvalue weighted by Gasteiger charge is -2.09. The summed E-state index contributed by atoms with van der Waals surface area (Å²) in [6.45, 7) is 1.80. The number of H-pyrrole nitrogens is 1. The summed E-state index contributed by atoms with van der Waals surface area (Å²) in [5.41, 5.74) is 10.9. The quantitative estimate of drug-likeness (QED) is 0.423. The third-order valence-corrected chi connectivity index (χ3v) is 4.51. The minimum atomic E-state index is -1.19. The van der Waals surface area contributed by atoms with Gasteiger partial charge in [0.15, 0.2) is 0 Å². The van der Waals surface area contributed by atoms with E-state index in [1.54, 1.807) is 6.92 Å². The lowest BCUT2D eigenvalue weighted by Crippen LogP contribution is -2.34. The van der Waals surface area contributed by atoms with Crippen molar-refractivity contribution in [3.8, 4) is 0 Å². The standard InChI is InChI=1S/C10H15N5O4S/c1-2(20-10-13-9(12)14-15-10)3-4(5(3)7(16)17)6(11)8(18)19/h2-6H,11H2,1H3,(H,16,17)(H,18,19)(H3,12,13,14,15). The van der Waals surface area contributed by atoms with Crippen molar-refractivity contribution in [3.63, 3.8) is 0 Å². The van der Waals surface area contributed by atoms with E-state index in [9.17, 15) is 9.59 Å². The molecular weight excluding hydrogens is 286 g/mol. The van der Waals surface area contributed by atoms with Gasteiger partial charge >= 0.3 is 11.9 Å². The van der Waals surface area contributed by atoms with Gasteiger partial charge in [0.25, 0.3) is 0 Å². The highest BCUT2D eigenvalue weighted by Gasteiger charge is 2.61. The van der Waals surface area contributed by atoms with Gasteiger partial charge < -0.3 is 21.7 Å². The fraction of sp³-hybridized carbons (Fsp3) is 0.600. The van der Waals surface area contributed by atoms with Crippen molar-refractivity contribution in [2.45, 2.75) is 23.4 Å². The smallest absolute Gasteiger partial charge is 0.320 e. The Balaban J connectivity index is 2.06. The third kappa shape index (κ3) is 2.70. The number of nitrogens with two attached hydrogens (primary N) is 2. The van der Waals surface area contributed by atoms with Gasteiger partial charge in [-0.2, -0.15) is 4.98 Å². The van der Waals surface area contributed by atoms with Gasteiger partial charge in [-0.25, -0.2) is 5.10 Å². The normalized spacial score (nSPS) is 27.8. The minimum absolute atomic E-state index is 0.170. The van der Waals surface area contributed by atoms with Gasteiger partial charge in [0.2, 0.25) is 11.1 Å². The number of carboxylic acid groups (broad SMARTS) is 2. The SMILES string of the molecule is CC(Sc1n[nH]c(N)n1)C1C(C(=O)O)C1C(N)C(=O)O. The highest BCUT2D eigenvalue weighted by molar-refractivity contribution is 7.99. The van der Waals surface area contributed by atoms with Crippen LogP contribution in [0.5, 0.6) is 0 Å². The average Bonchev–Trinajstić information content (AvgIpc) is 2.99. The number of hydrogen-bond acceptors (Lipinski definition) is 7. The van der Waals surface area contributed by atoms with Gasteiger partial charge in [0, 0.05) is 11.2 Å². The number of nitrogens with one attached hydrogen (secondary N) is 1. The summed E-state index contributed by atoms with van der Waals surface area (Å²) < 4.78 is 0. The average molecular weight is 301 g/mol. The van der Waals surface area contributed by atoms with Crippen molar-refractivity contribution >= 4 is 29.6 Å². The Morgan fingerprint density at radius 2 is 2.05 bits per heavy atom. The van der Waals surface area contributed by atoms with E-state index in [4.69, 9.17) is 21.7 Å². The van der Waals surface area contributed by atoms with Gasteiger partial charge in [-0.15, -0.1) is 5.10 Å². The predicted molar refractivity (Wildman–Crippen MR) is 69.8 cm³/mol. The minimum Gasteiger partial charge on any atom is -0.481 e. The molecule has 0 spiro atoms. The van der Waals surface area contributed by atoms with Crippen LogP contribution in [0.15, 0.2) is 5.16 Å². The monoisotopic (exact) mass is 301 g/mol. The zero-order chi connectivity index (χ0) is 15.0. The molecule has 2 rings (SSSR count). The zero-order valence-corrected chi connectivity index (χ0v) is 11.4. The molecule has 0 radical (unpaired) electrons. The molecule has 0 aliphatic heterocycles. The molecule has 7 N–H and O–H groups in total. The summed E-state index contributed by atoms with van der Waals surface area (Å²) in [5, 5.41) is 24.6. The van der Waals surface area contributed by atoms with E-state index in [2.05, 4.69) is 15.2 Å². The van der Waals surface area contributed by atoms with E-state index in [0.29, 0.717) is 5.16 Å². The Kier molecular flexibility index (Phi) is 3.86. The maximum atomic E-state index is 11.2. The molecule has 1 aromatic rings. The highest BCUT2D eigenvalue weighted by atomic mass is 32.2. The van der Waals surface area contributed by atoms with Crippen molar-refractivity contribution in [1.29, 1.82) is 0 Å². The lowest BCUT2D eigenvalue weighted by molar-refractivity contribution is -0.140. The molecule has 1 fully saturated rings. The Bertz CT molecular complexity index is 535. The van der Waals surface area contributed by atoms with Crippen molar-refractivity contribution in [3.05, 3.63) is 0 Å². The van der Waals surface area contributed by atoms with Crippen LogP contribution in [0.3, 0.4) is 0 Å². The molecule has 5 atom stereocenters. The van der Waals surface area contributed by atoms with Gasteiger partial charge in [-0.3, -0.25) is 9.59 Å². The first-order valence-electron chi connectivity index (χ1n) is 5.88. The van der Waals surface area contributed by atoms with Crippen molar-refractivity contribution in [2.24, 2.45) is 23.5 Å². The maximum absolute atomic E-state index is 11.2. The van der Waals surface area contributed by atoms with Crippen LogP contribution < -0.4 is 11.5 Å². The molecule has 1 aliphatic carbocycles. The fourth-order valence-electron chi connectivity index (χ4n) is 2.48. The number of aliphatic carboxylic acids is 2. The van der Waals surface area contributed by atoms with Crippen LogP contribution in [0.25, 0.3) is 0 Å². The van der Waals surface area contributed by atoms with Crippen LogP contribution in [-0.2, 0) is 9.59 Å². The molecule has 0 amide bonds. The lowest BCUT2D eigenvalue weighted by atomic mass is 10.1.